The Bertz CT molecular complexity index is 773. The molecule has 0 spiro atoms. The van der Waals surface area contributed by atoms with E-state index in [0.29, 0.717) is 28.9 Å². The minimum absolute atomic E-state index is 0.0460. The molecule has 0 fully saturated rings. The minimum Gasteiger partial charge on any atom is -0.463 e. The summed E-state index contributed by atoms with van der Waals surface area (Å²) in [5, 5.41) is 5.73. The lowest BCUT2D eigenvalue weighted by molar-refractivity contribution is -0.139. The Morgan fingerprint density at radius 2 is 2.00 bits per heavy atom. The Hall–Kier alpha value is -2.83. The summed E-state index contributed by atoms with van der Waals surface area (Å²) in [6, 6.07) is 6.23. The van der Waals surface area contributed by atoms with Crippen LogP contribution in [0, 0.1) is 0 Å². The molecule has 0 saturated heterocycles. The van der Waals surface area contributed by atoms with Crippen molar-refractivity contribution in [3.05, 3.63) is 41.1 Å². The maximum Gasteiger partial charge on any atom is 0.338 e. The molecule has 152 valence electrons. The Kier molecular flexibility index (Phi) is 7.61. The lowest BCUT2D eigenvalue weighted by Gasteiger charge is -2.33. The molecule has 0 bridgehead atoms. The van der Waals surface area contributed by atoms with Crippen LogP contribution in [0.5, 0.6) is 0 Å². The van der Waals surface area contributed by atoms with E-state index in [1.807, 2.05) is 6.07 Å². The number of benzene rings is 1. The number of anilines is 1. The second-order valence-corrected chi connectivity index (χ2v) is 6.79. The molecule has 1 atom stereocenters. The van der Waals surface area contributed by atoms with Crippen LogP contribution in [0.15, 0.2) is 35.5 Å². The molecule has 0 saturated carbocycles. The predicted octanol–water partition coefficient (Wildman–Crippen LogP) is 3.74. The molecule has 2 rings (SSSR count). The van der Waals surface area contributed by atoms with Crippen LogP contribution >= 0.6 is 0 Å². The highest BCUT2D eigenvalue weighted by atomic mass is 16.5. The van der Waals surface area contributed by atoms with Crippen molar-refractivity contribution in [2.75, 3.05) is 19.0 Å². The van der Waals surface area contributed by atoms with E-state index < -0.39 is 12.0 Å². The third-order valence-corrected chi connectivity index (χ3v) is 4.76. The maximum atomic E-state index is 12.5. The molecule has 0 radical (unpaired) electrons. The number of nitrogens with one attached hydrogen (secondary N) is 2. The van der Waals surface area contributed by atoms with Gasteiger partial charge in [-0.2, -0.15) is 0 Å². The van der Waals surface area contributed by atoms with Crippen LogP contribution in [0.4, 0.5) is 10.5 Å². The summed E-state index contributed by atoms with van der Waals surface area (Å²) in [6.07, 6.45) is 3.39. The van der Waals surface area contributed by atoms with Gasteiger partial charge in [0.2, 0.25) is 5.91 Å². The van der Waals surface area contributed by atoms with Crippen molar-refractivity contribution in [1.29, 1.82) is 0 Å². The summed E-state index contributed by atoms with van der Waals surface area (Å²) in [4.78, 5) is 38.3. The minimum atomic E-state index is -0.639. The van der Waals surface area contributed by atoms with Crippen molar-refractivity contribution in [2.24, 2.45) is 0 Å². The van der Waals surface area contributed by atoms with E-state index in [4.69, 9.17) is 4.74 Å². The van der Waals surface area contributed by atoms with Gasteiger partial charge in [0, 0.05) is 24.9 Å². The summed E-state index contributed by atoms with van der Waals surface area (Å²) >= 11 is 0. The highest BCUT2D eigenvalue weighted by Gasteiger charge is 2.35. The molecule has 7 heteroatoms. The second-order valence-electron chi connectivity index (χ2n) is 6.79. The normalized spacial score (nSPS) is 16.6. The zero-order chi connectivity index (χ0) is 20.7. The molecule has 7 nitrogen and oxygen atoms in total. The number of carbonyl (C=O) groups is 3. The topological polar surface area (TPSA) is 87.7 Å². The Balaban J connectivity index is 2.28. The molecule has 1 heterocycles. The number of rotatable bonds is 8. The van der Waals surface area contributed by atoms with Gasteiger partial charge >= 0.3 is 12.0 Å². The van der Waals surface area contributed by atoms with Crippen LogP contribution < -0.4 is 10.6 Å². The molecule has 1 unspecified atom stereocenters. The monoisotopic (exact) mass is 387 g/mol. The van der Waals surface area contributed by atoms with Gasteiger partial charge in [-0.05, 0) is 38.0 Å². The molecule has 1 aliphatic heterocycles. The molecule has 0 aliphatic carbocycles. The largest absolute Gasteiger partial charge is 0.463 e. The fourth-order valence-corrected chi connectivity index (χ4v) is 3.11. The van der Waals surface area contributed by atoms with Gasteiger partial charge in [-0.15, -0.1) is 0 Å². The van der Waals surface area contributed by atoms with Gasteiger partial charge in [-0.3, -0.25) is 4.79 Å². The van der Waals surface area contributed by atoms with Gasteiger partial charge in [0.15, 0.2) is 0 Å². The first-order valence-electron chi connectivity index (χ1n) is 9.70. The lowest BCUT2D eigenvalue weighted by Crippen LogP contribution is -2.46. The van der Waals surface area contributed by atoms with Crippen molar-refractivity contribution in [3.8, 4) is 0 Å². The van der Waals surface area contributed by atoms with Crippen molar-refractivity contribution in [2.45, 2.75) is 52.5 Å². The zero-order valence-corrected chi connectivity index (χ0v) is 17.0. The van der Waals surface area contributed by atoms with Crippen LogP contribution in [-0.4, -0.2) is 36.5 Å². The molecule has 3 amide bonds. The van der Waals surface area contributed by atoms with Crippen LogP contribution in [0.25, 0.3) is 0 Å². The quantitative estimate of drug-likeness (QED) is 0.525. The molecule has 1 aliphatic rings. The van der Waals surface area contributed by atoms with Crippen molar-refractivity contribution >= 4 is 23.6 Å². The fourth-order valence-electron chi connectivity index (χ4n) is 3.11. The number of hydrogen-bond acceptors (Lipinski definition) is 4. The van der Waals surface area contributed by atoms with Crippen molar-refractivity contribution < 1.29 is 19.1 Å². The Labute approximate surface area is 166 Å². The number of amides is 3. The predicted molar refractivity (Wildman–Crippen MR) is 108 cm³/mol. The molecule has 1 aromatic rings. The average molecular weight is 387 g/mol. The van der Waals surface area contributed by atoms with Gasteiger partial charge in [0.25, 0.3) is 0 Å². The van der Waals surface area contributed by atoms with Gasteiger partial charge in [0.05, 0.1) is 18.2 Å². The van der Waals surface area contributed by atoms with E-state index in [2.05, 4.69) is 17.6 Å². The number of ether oxygens (including phenoxy) is 1. The van der Waals surface area contributed by atoms with Gasteiger partial charge < -0.3 is 20.3 Å². The number of hydrogen-bond donors (Lipinski definition) is 2. The molecule has 28 heavy (non-hydrogen) atoms. The van der Waals surface area contributed by atoms with Crippen LogP contribution in [0.1, 0.15) is 58.1 Å². The third-order valence-electron chi connectivity index (χ3n) is 4.76. The summed E-state index contributed by atoms with van der Waals surface area (Å²) in [5.41, 5.74) is 2.26. The summed E-state index contributed by atoms with van der Waals surface area (Å²) in [6.45, 7) is 5.79. The first-order valence-corrected chi connectivity index (χ1v) is 9.70. The van der Waals surface area contributed by atoms with Crippen LogP contribution in [-0.2, 0) is 14.3 Å². The Morgan fingerprint density at radius 3 is 2.68 bits per heavy atom. The molecular formula is C21H29N3O4. The van der Waals surface area contributed by atoms with Gasteiger partial charge in [-0.1, -0.05) is 31.9 Å². The van der Waals surface area contributed by atoms with Gasteiger partial charge in [0.1, 0.15) is 0 Å². The standard InChI is InChI=1S/C21H29N3O4/c1-5-7-8-12-17(25)22-16-11-9-10-15(13-16)19-18(20(26)28-6-2)14(3)24(4)21(27)23-19/h9-11,13,19H,5-8,12H2,1-4H3,(H,22,25)(H,23,27). The second kappa shape index (κ2) is 9.92. The van der Waals surface area contributed by atoms with Gasteiger partial charge in [-0.25, -0.2) is 9.59 Å². The van der Waals surface area contributed by atoms with Crippen molar-refractivity contribution in [3.63, 3.8) is 0 Å². The average Bonchev–Trinajstić information content (AvgIpc) is 2.66. The molecule has 2 N–H and O–H groups in total. The highest BCUT2D eigenvalue weighted by molar-refractivity contribution is 5.95. The van der Waals surface area contributed by atoms with E-state index in [1.54, 1.807) is 39.1 Å². The number of urea groups is 1. The Morgan fingerprint density at radius 1 is 1.25 bits per heavy atom. The fraction of sp³-hybridized carbons (Fsp3) is 0.476. The number of carbonyl (C=O) groups excluding carboxylic acids is 3. The first-order chi connectivity index (χ1) is 13.4. The van der Waals surface area contributed by atoms with Crippen LogP contribution in [0.2, 0.25) is 0 Å². The number of unbranched alkanes of at least 4 members (excludes halogenated alkanes) is 2. The first kappa shape index (κ1) is 21.5. The number of esters is 1. The van der Waals surface area contributed by atoms with E-state index in [1.165, 1.54) is 4.90 Å². The molecule has 0 aromatic heterocycles. The summed E-state index contributed by atoms with van der Waals surface area (Å²) in [5.74, 6) is -0.513. The van der Waals surface area contributed by atoms with E-state index in [9.17, 15) is 14.4 Å². The maximum absolute atomic E-state index is 12.5. The smallest absolute Gasteiger partial charge is 0.338 e. The SMILES string of the molecule is CCCCCC(=O)Nc1cccc(C2NC(=O)N(C)C(C)=C2C(=O)OCC)c1. The van der Waals surface area contributed by atoms with Crippen molar-refractivity contribution in [1.82, 2.24) is 10.2 Å². The molecular weight excluding hydrogens is 358 g/mol. The van der Waals surface area contributed by atoms with E-state index >= 15 is 0 Å². The third kappa shape index (κ3) is 5.12. The number of allylic oxidation sites excluding steroid dienone is 1. The van der Waals surface area contributed by atoms with Crippen LogP contribution in [0.3, 0.4) is 0 Å². The summed E-state index contributed by atoms with van der Waals surface area (Å²) in [7, 11) is 1.60. The molecule has 1 aromatic carbocycles. The zero-order valence-electron chi connectivity index (χ0n) is 17.0. The van der Waals surface area contributed by atoms with E-state index in [-0.39, 0.29) is 18.5 Å². The lowest BCUT2D eigenvalue weighted by atomic mass is 9.94. The van der Waals surface area contributed by atoms with E-state index in [0.717, 1.165) is 19.3 Å². The number of nitrogens with zero attached hydrogens (tertiary/aromatic N) is 1. The summed E-state index contributed by atoms with van der Waals surface area (Å²) < 4.78 is 5.19. The highest BCUT2D eigenvalue weighted by Crippen LogP contribution is 2.31.